The summed E-state index contributed by atoms with van der Waals surface area (Å²) < 4.78 is 2.37. The third kappa shape index (κ3) is 4.83. The van der Waals surface area contributed by atoms with Crippen LogP contribution < -0.4 is 0 Å². The molecular formula is C46H34N2S. The van der Waals surface area contributed by atoms with E-state index in [4.69, 9.17) is 9.97 Å². The number of rotatable bonds is 4. The molecule has 2 atom stereocenters. The topological polar surface area (TPSA) is 25.8 Å². The number of hydrogen-bond acceptors (Lipinski definition) is 3. The largest absolute Gasteiger partial charge is 0.226 e. The Hall–Kier alpha value is -5.38. The summed E-state index contributed by atoms with van der Waals surface area (Å²) in [4.78, 5) is 10.3. The van der Waals surface area contributed by atoms with E-state index in [2.05, 4.69) is 146 Å². The highest BCUT2D eigenvalue weighted by molar-refractivity contribution is 7.26. The summed E-state index contributed by atoms with van der Waals surface area (Å²) in [5.41, 5.74) is 15.1. The van der Waals surface area contributed by atoms with Gasteiger partial charge in [0.1, 0.15) is 0 Å². The van der Waals surface area contributed by atoms with E-state index >= 15 is 0 Å². The molecule has 0 spiro atoms. The van der Waals surface area contributed by atoms with Gasteiger partial charge in [-0.15, -0.1) is 11.3 Å². The van der Waals surface area contributed by atoms with Crippen LogP contribution in [0.2, 0.25) is 0 Å². The minimum Gasteiger partial charge on any atom is -0.226 e. The van der Waals surface area contributed by atoms with Gasteiger partial charge >= 0.3 is 0 Å². The number of fused-ring (bicyclic) bond motifs is 9. The molecule has 2 heterocycles. The molecule has 234 valence electrons. The minimum absolute atomic E-state index is 0.616. The van der Waals surface area contributed by atoms with Crippen LogP contribution in [0, 0.1) is 0 Å². The van der Waals surface area contributed by atoms with Gasteiger partial charge in [-0.3, -0.25) is 0 Å². The molecule has 1 saturated carbocycles. The highest BCUT2D eigenvalue weighted by Crippen LogP contribution is 2.53. The van der Waals surface area contributed by atoms with Crippen molar-refractivity contribution in [3.8, 4) is 56.0 Å². The molecule has 2 aliphatic carbocycles. The van der Waals surface area contributed by atoms with Gasteiger partial charge in [-0.2, -0.15) is 0 Å². The molecule has 3 heteroatoms. The van der Waals surface area contributed by atoms with Gasteiger partial charge in [0.05, 0.1) is 15.9 Å². The first kappa shape index (κ1) is 28.6. The van der Waals surface area contributed by atoms with Crippen molar-refractivity contribution in [1.82, 2.24) is 9.97 Å². The van der Waals surface area contributed by atoms with Crippen molar-refractivity contribution in [2.75, 3.05) is 0 Å². The molecule has 0 N–H and O–H groups in total. The Morgan fingerprint density at radius 3 is 1.96 bits per heavy atom. The first-order chi connectivity index (χ1) is 24.3. The molecule has 2 unspecified atom stereocenters. The van der Waals surface area contributed by atoms with Crippen molar-refractivity contribution in [3.63, 3.8) is 0 Å². The quantitative estimate of drug-likeness (QED) is 0.190. The molecule has 0 amide bonds. The van der Waals surface area contributed by atoms with Crippen molar-refractivity contribution >= 4 is 31.6 Å². The Balaban J connectivity index is 1.01. The highest BCUT2D eigenvalue weighted by Gasteiger charge is 2.35. The predicted octanol–water partition coefficient (Wildman–Crippen LogP) is 12.9. The molecule has 49 heavy (non-hydrogen) atoms. The summed E-state index contributed by atoms with van der Waals surface area (Å²) in [5.74, 6) is 2.02. The van der Waals surface area contributed by atoms with E-state index in [1.807, 2.05) is 0 Å². The summed E-state index contributed by atoms with van der Waals surface area (Å²) in [6.45, 7) is 0. The predicted molar refractivity (Wildman–Crippen MR) is 206 cm³/mol. The average molecular weight is 647 g/mol. The van der Waals surface area contributed by atoms with E-state index in [0.717, 1.165) is 32.9 Å². The number of aromatic nitrogens is 2. The summed E-state index contributed by atoms with van der Waals surface area (Å²) >= 11 is 1.77. The van der Waals surface area contributed by atoms with Crippen LogP contribution >= 0.6 is 11.3 Å². The van der Waals surface area contributed by atoms with E-state index < -0.39 is 0 Å². The molecule has 0 aliphatic heterocycles. The van der Waals surface area contributed by atoms with E-state index in [0.29, 0.717) is 11.8 Å². The smallest absolute Gasteiger partial charge is 0.160 e. The van der Waals surface area contributed by atoms with Crippen LogP contribution in [-0.4, -0.2) is 9.97 Å². The lowest BCUT2D eigenvalue weighted by Gasteiger charge is -2.39. The van der Waals surface area contributed by atoms with Crippen LogP contribution in [0.25, 0.3) is 76.3 Å². The third-order valence-electron chi connectivity index (χ3n) is 10.8. The van der Waals surface area contributed by atoms with Crippen LogP contribution in [0.3, 0.4) is 0 Å². The lowest BCUT2D eigenvalue weighted by atomic mass is 9.65. The molecule has 0 radical (unpaired) electrons. The third-order valence-corrected chi connectivity index (χ3v) is 12.0. The normalized spacial score (nSPS) is 16.7. The molecule has 0 bridgehead atoms. The average Bonchev–Trinajstić information content (AvgIpc) is 3.57. The van der Waals surface area contributed by atoms with Crippen molar-refractivity contribution in [2.45, 2.75) is 37.5 Å². The fraction of sp³-hybridized carbons (Fsp3) is 0.130. The van der Waals surface area contributed by atoms with Gasteiger partial charge in [-0.1, -0.05) is 146 Å². The molecule has 6 aromatic carbocycles. The van der Waals surface area contributed by atoms with Gasteiger partial charge in [-0.05, 0) is 81.3 Å². The summed E-state index contributed by atoms with van der Waals surface area (Å²) in [6.07, 6.45) is 5.25. The number of thiophene rings is 1. The van der Waals surface area contributed by atoms with Crippen molar-refractivity contribution in [2.24, 2.45) is 0 Å². The summed E-state index contributed by atoms with van der Waals surface area (Å²) in [6, 6.07) is 53.2. The molecule has 2 nitrogen and oxygen atoms in total. The van der Waals surface area contributed by atoms with Gasteiger partial charge in [0.15, 0.2) is 5.82 Å². The van der Waals surface area contributed by atoms with Crippen molar-refractivity contribution in [1.29, 1.82) is 0 Å². The van der Waals surface area contributed by atoms with Gasteiger partial charge in [0.25, 0.3) is 0 Å². The fourth-order valence-electron chi connectivity index (χ4n) is 8.44. The Bertz CT molecular complexity index is 2510. The number of benzene rings is 6. The number of hydrogen-bond donors (Lipinski definition) is 0. The molecule has 0 saturated heterocycles. The van der Waals surface area contributed by atoms with Crippen LogP contribution in [0.5, 0.6) is 0 Å². The molecule has 2 aliphatic rings. The maximum Gasteiger partial charge on any atom is 0.160 e. The second-order valence-electron chi connectivity index (χ2n) is 13.6. The Morgan fingerprint density at radius 2 is 1.10 bits per heavy atom. The van der Waals surface area contributed by atoms with E-state index in [-0.39, 0.29) is 0 Å². The van der Waals surface area contributed by atoms with Crippen LogP contribution in [0.4, 0.5) is 0 Å². The first-order valence-electron chi connectivity index (χ1n) is 17.5. The summed E-state index contributed by atoms with van der Waals surface area (Å²) in [7, 11) is 0. The standard InChI is InChI=1S/C46H34N2S/c1-2-11-30(12-3-1)43-45-44(40-19-8-9-20-42(40)49-45)48-46(47-43)31-23-21-29(22-24-31)32-13-10-14-33(27-32)34-25-26-39-37-17-5-4-15-35(37)36-16-6-7-18-38(36)41(39)28-34/h1-5,8-15,17,19-28,36,38H,6-7,16,18H2. The zero-order valence-corrected chi connectivity index (χ0v) is 28.0. The van der Waals surface area contributed by atoms with Gasteiger partial charge in [0, 0.05) is 21.2 Å². The van der Waals surface area contributed by atoms with E-state index in [1.54, 1.807) is 22.5 Å². The van der Waals surface area contributed by atoms with Gasteiger partial charge in [0.2, 0.25) is 0 Å². The maximum atomic E-state index is 5.17. The van der Waals surface area contributed by atoms with Crippen LogP contribution in [-0.2, 0) is 0 Å². The van der Waals surface area contributed by atoms with Crippen molar-refractivity contribution < 1.29 is 0 Å². The lowest BCUT2D eigenvalue weighted by Crippen LogP contribution is -2.21. The maximum absolute atomic E-state index is 5.17. The second kappa shape index (κ2) is 11.6. The SMILES string of the molecule is c1ccc(-c2nc(-c3ccc(-c4cccc(-c5ccc6c(c5)C5CCCCC5c5ccccc5-6)c4)cc3)nc3c2sc2ccccc23)cc1. The Labute approximate surface area is 290 Å². The Morgan fingerprint density at radius 1 is 0.469 bits per heavy atom. The lowest BCUT2D eigenvalue weighted by molar-refractivity contribution is 0.383. The monoisotopic (exact) mass is 646 g/mol. The van der Waals surface area contributed by atoms with E-state index in [1.165, 1.54) is 69.2 Å². The molecule has 2 aromatic heterocycles. The molecular weight excluding hydrogens is 613 g/mol. The van der Waals surface area contributed by atoms with Crippen LogP contribution in [0.15, 0.2) is 146 Å². The zero-order chi connectivity index (χ0) is 32.3. The first-order valence-corrected chi connectivity index (χ1v) is 18.3. The Kier molecular flexibility index (Phi) is 6.80. The molecule has 8 aromatic rings. The van der Waals surface area contributed by atoms with Crippen molar-refractivity contribution in [3.05, 3.63) is 157 Å². The number of nitrogens with zero attached hydrogens (tertiary/aromatic N) is 2. The highest BCUT2D eigenvalue weighted by atomic mass is 32.1. The minimum atomic E-state index is 0.616. The van der Waals surface area contributed by atoms with Gasteiger partial charge < -0.3 is 0 Å². The zero-order valence-electron chi connectivity index (χ0n) is 27.1. The second-order valence-corrected chi connectivity index (χ2v) is 14.6. The molecule has 10 rings (SSSR count). The van der Waals surface area contributed by atoms with Gasteiger partial charge in [-0.25, -0.2) is 9.97 Å². The molecule has 1 fully saturated rings. The van der Waals surface area contributed by atoms with Crippen LogP contribution in [0.1, 0.15) is 48.6 Å². The van der Waals surface area contributed by atoms with E-state index in [9.17, 15) is 0 Å². The summed E-state index contributed by atoms with van der Waals surface area (Å²) in [5, 5.41) is 1.18. The fourth-order valence-corrected chi connectivity index (χ4v) is 9.59.